The molecule has 3 heteroatoms. The molecule has 0 fully saturated rings. The monoisotopic (exact) mass is 186 g/mol. The summed E-state index contributed by atoms with van der Waals surface area (Å²) in [6, 6.07) is 0. The van der Waals surface area contributed by atoms with Crippen LogP contribution in [0.1, 0.15) is 40.0 Å². The van der Waals surface area contributed by atoms with E-state index in [-0.39, 0.29) is 11.3 Å². The van der Waals surface area contributed by atoms with E-state index in [1.165, 1.54) is 0 Å². The highest BCUT2D eigenvalue weighted by Gasteiger charge is 2.29. The Morgan fingerprint density at radius 1 is 1.46 bits per heavy atom. The second kappa shape index (κ2) is 5.97. The molecule has 0 rings (SSSR count). The number of nitrogens with two attached hydrogens (primary N) is 1. The van der Waals surface area contributed by atoms with Gasteiger partial charge in [0, 0.05) is 18.5 Å². The molecule has 0 saturated carbocycles. The fourth-order valence-corrected chi connectivity index (χ4v) is 1.40. The van der Waals surface area contributed by atoms with Gasteiger partial charge in [0.15, 0.2) is 0 Å². The van der Waals surface area contributed by atoms with Gasteiger partial charge < -0.3 is 11.1 Å². The zero-order valence-electron chi connectivity index (χ0n) is 9.02. The molecule has 0 saturated heterocycles. The molecule has 1 unspecified atom stereocenters. The van der Waals surface area contributed by atoms with Crippen molar-refractivity contribution in [2.75, 3.05) is 13.1 Å². The van der Waals surface area contributed by atoms with Crippen LogP contribution in [-0.4, -0.2) is 19.0 Å². The lowest BCUT2D eigenvalue weighted by molar-refractivity contribution is -0.130. The molecule has 0 aliphatic rings. The van der Waals surface area contributed by atoms with Crippen molar-refractivity contribution in [2.24, 2.45) is 11.1 Å². The summed E-state index contributed by atoms with van der Waals surface area (Å²) >= 11 is 0. The molecule has 13 heavy (non-hydrogen) atoms. The lowest BCUT2D eigenvalue weighted by Gasteiger charge is -2.26. The van der Waals surface area contributed by atoms with Crippen LogP contribution in [0.15, 0.2) is 0 Å². The van der Waals surface area contributed by atoms with E-state index in [0.717, 1.165) is 19.3 Å². The highest BCUT2D eigenvalue weighted by atomic mass is 16.2. The molecule has 0 aromatic heterocycles. The van der Waals surface area contributed by atoms with Gasteiger partial charge in [0.25, 0.3) is 0 Å². The molecular weight excluding hydrogens is 164 g/mol. The summed E-state index contributed by atoms with van der Waals surface area (Å²) in [4.78, 5) is 11.7. The third kappa shape index (κ3) is 3.77. The van der Waals surface area contributed by atoms with Crippen molar-refractivity contribution >= 4 is 5.91 Å². The summed E-state index contributed by atoms with van der Waals surface area (Å²) in [7, 11) is 0. The fourth-order valence-electron chi connectivity index (χ4n) is 1.40. The Hall–Kier alpha value is -0.570. The number of carbonyl (C=O) groups is 1. The number of rotatable bonds is 6. The zero-order chi connectivity index (χ0) is 10.3. The lowest BCUT2D eigenvalue weighted by Crippen LogP contribution is -2.40. The molecule has 0 aromatic carbocycles. The van der Waals surface area contributed by atoms with E-state index in [9.17, 15) is 4.79 Å². The summed E-state index contributed by atoms with van der Waals surface area (Å²) in [5.41, 5.74) is 5.12. The predicted molar refractivity (Wildman–Crippen MR) is 55.4 cm³/mol. The molecule has 1 amide bonds. The van der Waals surface area contributed by atoms with Crippen LogP contribution >= 0.6 is 0 Å². The van der Waals surface area contributed by atoms with E-state index < -0.39 is 0 Å². The van der Waals surface area contributed by atoms with Gasteiger partial charge in [-0.25, -0.2) is 0 Å². The van der Waals surface area contributed by atoms with Gasteiger partial charge >= 0.3 is 0 Å². The minimum atomic E-state index is -0.204. The number of carbonyl (C=O) groups excluding carboxylic acids is 1. The van der Waals surface area contributed by atoms with Crippen LogP contribution in [0.2, 0.25) is 0 Å². The Labute approximate surface area is 81.1 Å². The number of nitrogens with one attached hydrogen (secondary N) is 1. The van der Waals surface area contributed by atoms with Crippen molar-refractivity contribution in [2.45, 2.75) is 40.0 Å². The van der Waals surface area contributed by atoms with Crippen LogP contribution in [0, 0.1) is 5.41 Å². The van der Waals surface area contributed by atoms with E-state index >= 15 is 0 Å². The van der Waals surface area contributed by atoms with Crippen molar-refractivity contribution < 1.29 is 4.79 Å². The third-order valence-electron chi connectivity index (χ3n) is 2.56. The van der Waals surface area contributed by atoms with Crippen LogP contribution in [0.5, 0.6) is 0 Å². The summed E-state index contributed by atoms with van der Waals surface area (Å²) in [5.74, 6) is 0.141. The number of hydrogen-bond donors (Lipinski definition) is 2. The van der Waals surface area contributed by atoms with Gasteiger partial charge in [-0.05, 0) is 12.8 Å². The predicted octanol–water partition coefficient (Wildman–Crippen LogP) is 1.28. The first-order chi connectivity index (χ1) is 6.10. The van der Waals surface area contributed by atoms with Gasteiger partial charge in [-0.2, -0.15) is 0 Å². The molecule has 0 radical (unpaired) electrons. The summed E-state index contributed by atoms with van der Waals surface area (Å²) < 4.78 is 0. The van der Waals surface area contributed by atoms with Crippen LogP contribution < -0.4 is 11.1 Å². The number of amides is 1. The first kappa shape index (κ1) is 12.4. The normalized spacial score (nSPS) is 15.1. The Bertz CT molecular complexity index is 159. The van der Waals surface area contributed by atoms with E-state index in [2.05, 4.69) is 19.2 Å². The molecule has 1 atom stereocenters. The van der Waals surface area contributed by atoms with Crippen LogP contribution in [0.4, 0.5) is 0 Å². The first-order valence-corrected chi connectivity index (χ1v) is 5.09. The molecule has 0 aliphatic heterocycles. The molecule has 0 heterocycles. The third-order valence-corrected chi connectivity index (χ3v) is 2.56. The summed E-state index contributed by atoms with van der Waals surface area (Å²) in [6.07, 6.45) is 2.87. The minimum Gasteiger partial charge on any atom is -0.354 e. The maximum Gasteiger partial charge on any atom is 0.225 e. The topological polar surface area (TPSA) is 55.1 Å². The highest BCUT2D eigenvalue weighted by molar-refractivity contribution is 5.82. The van der Waals surface area contributed by atoms with E-state index in [0.29, 0.717) is 13.1 Å². The lowest BCUT2D eigenvalue weighted by atomic mass is 9.82. The maximum absolute atomic E-state index is 11.7. The Balaban J connectivity index is 4.12. The molecule has 0 bridgehead atoms. The highest BCUT2D eigenvalue weighted by Crippen LogP contribution is 2.27. The average Bonchev–Trinajstić information content (AvgIpc) is 2.14. The van der Waals surface area contributed by atoms with Crippen molar-refractivity contribution in [3.8, 4) is 0 Å². The molecule has 0 aliphatic carbocycles. The van der Waals surface area contributed by atoms with Gasteiger partial charge in [-0.1, -0.05) is 27.2 Å². The van der Waals surface area contributed by atoms with Gasteiger partial charge in [0.1, 0.15) is 0 Å². The largest absolute Gasteiger partial charge is 0.354 e. The van der Waals surface area contributed by atoms with E-state index in [4.69, 9.17) is 5.73 Å². The molecule has 3 nitrogen and oxygen atoms in total. The van der Waals surface area contributed by atoms with E-state index in [1.54, 1.807) is 0 Å². The maximum atomic E-state index is 11.7. The van der Waals surface area contributed by atoms with Gasteiger partial charge in [0.2, 0.25) is 5.91 Å². The SMILES string of the molecule is CCCC(C)(CC)C(=O)NCCN. The first-order valence-electron chi connectivity index (χ1n) is 5.09. The fraction of sp³-hybridized carbons (Fsp3) is 0.900. The van der Waals surface area contributed by atoms with Gasteiger partial charge in [-0.3, -0.25) is 4.79 Å². The van der Waals surface area contributed by atoms with Gasteiger partial charge in [-0.15, -0.1) is 0 Å². The number of hydrogen-bond acceptors (Lipinski definition) is 2. The molecule has 0 spiro atoms. The molecule has 0 aromatic rings. The summed E-state index contributed by atoms with van der Waals surface area (Å²) in [6.45, 7) is 7.26. The zero-order valence-corrected chi connectivity index (χ0v) is 9.02. The summed E-state index contributed by atoms with van der Waals surface area (Å²) in [5, 5.41) is 2.84. The van der Waals surface area contributed by atoms with E-state index in [1.807, 2.05) is 6.92 Å². The Morgan fingerprint density at radius 3 is 2.46 bits per heavy atom. The Kier molecular flexibility index (Phi) is 5.71. The minimum absolute atomic E-state index is 0.141. The molecule has 78 valence electrons. The van der Waals surface area contributed by atoms with Crippen LogP contribution in [-0.2, 0) is 4.79 Å². The van der Waals surface area contributed by atoms with Crippen molar-refractivity contribution in [3.05, 3.63) is 0 Å². The average molecular weight is 186 g/mol. The van der Waals surface area contributed by atoms with Crippen molar-refractivity contribution in [1.29, 1.82) is 0 Å². The second-order valence-electron chi connectivity index (χ2n) is 3.71. The molecular formula is C10H22N2O. The van der Waals surface area contributed by atoms with Crippen molar-refractivity contribution in [1.82, 2.24) is 5.32 Å². The second-order valence-corrected chi connectivity index (χ2v) is 3.71. The molecule has 3 N–H and O–H groups in total. The van der Waals surface area contributed by atoms with Crippen molar-refractivity contribution in [3.63, 3.8) is 0 Å². The van der Waals surface area contributed by atoms with Gasteiger partial charge in [0.05, 0.1) is 0 Å². The van der Waals surface area contributed by atoms with Crippen LogP contribution in [0.25, 0.3) is 0 Å². The standard InChI is InChI=1S/C10H22N2O/c1-4-6-10(3,5-2)9(13)12-8-7-11/h4-8,11H2,1-3H3,(H,12,13). The van der Waals surface area contributed by atoms with Crippen LogP contribution in [0.3, 0.4) is 0 Å². The Morgan fingerprint density at radius 2 is 2.08 bits per heavy atom. The smallest absolute Gasteiger partial charge is 0.225 e. The quantitative estimate of drug-likeness (QED) is 0.656.